The van der Waals surface area contributed by atoms with Crippen molar-refractivity contribution < 1.29 is 10.0 Å². The van der Waals surface area contributed by atoms with Gasteiger partial charge in [0.15, 0.2) is 11.5 Å². The number of amidine groups is 1. The second-order valence-electron chi connectivity index (χ2n) is 3.95. The van der Waals surface area contributed by atoms with Crippen LogP contribution in [-0.4, -0.2) is 69.1 Å². The van der Waals surface area contributed by atoms with Crippen LogP contribution >= 0.6 is 11.5 Å². The van der Waals surface area contributed by atoms with E-state index < -0.39 is 0 Å². The van der Waals surface area contributed by atoms with Crippen molar-refractivity contribution in [2.75, 3.05) is 32.7 Å². The van der Waals surface area contributed by atoms with Gasteiger partial charge in [-0.05, 0) is 11.5 Å². The Bertz CT molecular complexity index is 426. The molecular weight excluding hydrogens is 256 g/mol. The standard InChI is InChI=1S/C9H14N6O2S/c10-8(12-17)5-14-1-3-15(4-2-14)9(16)7-6-18-13-11-7/h6,17H,1-5H2,(H2,10,12). The van der Waals surface area contributed by atoms with Gasteiger partial charge < -0.3 is 15.8 Å². The fourth-order valence-corrected chi connectivity index (χ4v) is 2.22. The van der Waals surface area contributed by atoms with Crippen LogP contribution in [-0.2, 0) is 0 Å². The molecule has 8 nitrogen and oxygen atoms in total. The molecule has 9 heteroatoms. The van der Waals surface area contributed by atoms with Gasteiger partial charge in [0, 0.05) is 31.6 Å². The molecule has 0 radical (unpaired) electrons. The fourth-order valence-electron chi connectivity index (χ4n) is 1.79. The third-order valence-electron chi connectivity index (χ3n) is 2.75. The maximum atomic E-state index is 12.0. The molecule has 0 spiro atoms. The third kappa shape index (κ3) is 2.93. The first kappa shape index (κ1) is 12.7. The molecule has 0 unspecified atom stereocenters. The molecule has 1 aliphatic rings. The highest BCUT2D eigenvalue weighted by atomic mass is 32.1. The summed E-state index contributed by atoms with van der Waals surface area (Å²) in [4.78, 5) is 15.7. The van der Waals surface area contributed by atoms with Gasteiger partial charge in [-0.1, -0.05) is 9.64 Å². The largest absolute Gasteiger partial charge is 0.409 e. The molecule has 1 aliphatic heterocycles. The summed E-state index contributed by atoms with van der Waals surface area (Å²) >= 11 is 1.16. The quantitative estimate of drug-likeness (QED) is 0.317. The molecule has 2 heterocycles. The lowest BCUT2D eigenvalue weighted by Gasteiger charge is -2.33. The Labute approximate surface area is 108 Å². The number of piperazine rings is 1. The van der Waals surface area contributed by atoms with E-state index in [0.29, 0.717) is 38.4 Å². The van der Waals surface area contributed by atoms with Crippen molar-refractivity contribution in [2.24, 2.45) is 10.9 Å². The van der Waals surface area contributed by atoms with Gasteiger partial charge in [-0.3, -0.25) is 9.69 Å². The maximum Gasteiger partial charge on any atom is 0.275 e. The molecule has 1 saturated heterocycles. The van der Waals surface area contributed by atoms with E-state index in [1.165, 1.54) is 0 Å². The summed E-state index contributed by atoms with van der Waals surface area (Å²) in [6.07, 6.45) is 0. The van der Waals surface area contributed by atoms with Crippen LogP contribution in [0, 0.1) is 0 Å². The highest BCUT2D eigenvalue weighted by molar-refractivity contribution is 7.03. The van der Waals surface area contributed by atoms with E-state index in [1.54, 1.807) is 10.3 Å². The number of carbonyl (C=O) groups is 1. The molecule has 0 saturated carbocycles. The van der Waals surface area contributed by atoms with Gasteiger partial charge in [-0.2, -0.15) is 0 Å². The molecule has 0 aromatic carbocycles. The van der Waals surface area contributed by atoms with Gasteiger partial charge in [0.1, 0.15) is 0 Å². The van der Waals surface area contributed by atoms with Gasteiger partial charge in [-0.15, -0.1) is 5.10 Å². The van der Waals surface area contributed by atoms with Crippen LogP contribution in [0.5, 0.6) is 0 Å². The lowest BCUT2D eigenvalue weighted by Crippen LogP contribution is -2.50. The summed E-state index contributed by atoms with van der Waals surface area (Å²) < 4.78 is 3.68. The molecule has 0 bridgehead atoms. The summed E-state index contributed by atoms with van der Waals surface area (Å²) in [6, 6.07) is 0. The number of oxime groups is 1. The minimum atomic E-state index is -0.0906. The summed E-state index contributed by atoms with van der Waals surface area (Å²) in [6.45, 7) is 3.01. The van der Waals surface area contributed by atoms with E-state index in [2.05, 4.69) is 14.7 Å². The molecule has 1 aromatic rings. The number of carbonyl (C=O) groups excluding carboxylic acids is 1. The molecule has 1 amide bonds. The second kappa shape index (κ2) is 5.74. The molecule has 1 fully saturated rings. The van der Waals surface area contributed by atoms with E-state index >= 15 is 0 Å². The van der Waals surface area contributed by atoms with E-state index in [1.807, 2.05) is 4.90 Å². The highest BCUT2D eigenvalue weighted by Crippen LogP contribution is 2.07. The Hall–Kier alpha value is -1.74. The van der Waals surface area contributed by atoms with Crippen LogP contribution in [0.3, 0.4) is 0 Å². The van der Waals surface area contributed by atoms with Crippen LogP contribution < -0.4 is 5.73 Å². The molecule has 18 heavy (non-hydrogen) atoms. The molecule has 1 aromatic heterocycles. The van der Waals surface area contributed by atoms with Gasteiger partial charge in [0.25, 0.3) is 5.91 Å². The normalized spacial score (nSPS) is 18.0. The monoisotopic (exact) mass is 270 g/mol. The average molecular weight is 270 g/mol. The molecule has 3 N–H and O–H groups in total. The first-order valence-electron chi connectivity index (χ1n) is 5.46. The molecule has 98 valence electrons. The van der Waals surface area contributed by atoms with Crippen molar-refractivity contribution in [3.8, 4) is 0 Å². The summed E-state index contributed by atoms with van der Waals surface area (Å²) in [5.74, 6) is 0.0886. The number of nitrogens with zero attached hydrogens (tertiary/aromatic N) is 5. The topological polar surface area (TPSA) is 108 Å². The van der Waals surface area contributed by atoms with Crippen molar-refractivity contribution in [1.29, 1.82) is 0 Å². The van der Waals surface area contributed by atoms with Crippen molar-refractivity contribution in [3.05, 3.63) is 11.1 Å². The highest BCUT2D eigenvalue weighted by Gasteiger charge is 2.23. The van der Waals surface area contributed by atoms with E-state index in [4.69, 9.17) is 10.9 Å². The zero-order valence-electron chi connectivity index (χ0n) is 9.69. The molecular formula is C9H14N6O2S. The Kier molecular flexibility index (Phi) is 4.05. The predicted octanol–water partition coefficient (Wildman–Crippen LogP) is -0.958. The maximum absolute atomic E-state index is 12.0. The first-order chi connectivity index (χ1) is 8.70. The van der Waals surface area contributed by atoms with Gasteiger partial charge in [-0.25, -0.2) is 0 Å². The predicted molar refractivity (Wildman–Crippen MR) is 65.7 cm³/mol. The van der Waals surface area contributed by atoms with Gasteiger partial charge in [0.2, 0.25) is 0 Å². The number of hydrogen-bond donors (Lipinski definition) is 2. The molecule has 0 aliphatic carbocycles. The van der Waals surface area contributed by atoms with Crippen molar-refractivity contribution in [2.45, 2.75) is 0 Å². The van der Waals surface area contributed by atoms with E-state index in [9.17, 15) is 4.79 Å². The minimum Gasteiger partial charge on any atom is -0.409 e. The molecule has 0 atom stereocenters. The lowest BCUT2D eigenvalue weighted by atomic mass is 10.3. The number of rotatable bonds is 3. The van der Waals surface area contributed by atoms with Crippen molar-refractivity contribution in [1.82, 2.24) is 19.4 Å². The van der Waals surface area contributed by atoms with E-state index in [0.717, 1.165) is 11.5 Å². The van der Waals surface area contributed by atoms with Crippen LogP contribution in [0.2, 0.25) is 0 Å². The van der Waals surface area contributed by atoms with Gasteiger partial charge >= 0.3 is 0 Å². The lowest BCUT2D eigenvalue weighted by molar-refractivity contribution is 0.0647. The van der Waals surface area contributed by atoms with Crippen molar-refractivity contribution in [3.63, 3.8) is 0 Å². The average Bonchev–Trinajstić information content (AvgIpc) is 2.92. The SMILES string of the molecule is NC(CN1CCN(C(=O)c2csnn2)CC1)=NO. The van der Waals surface area contributed by atoms with Crippen LogP contribution in [0.25, 0.3) is 0 Å². The Morgan fingerprint density at radius 3 is 2.78 bits per heavy atom. The Morgan fingerprint density at radius 1 is 1.50 bits per heavy atom. The van der Waals surface area contributed by atoms with Crippen LogP contribution in [0.15, 0.2) is 10.5 Å². The first-order valence-corrected chi connectivity index (χ1v) is 6.29. The van der Waals surface area contributed by atoms with E-state index in [-0.39, 0.29) is 11.7 Å². The molecule has 2 rings (SSSR count). The van der Waals surface area contributed by atoms with Crippen molar-refractivity contribution >= 4 is 23.3 Å². The van der Waals surface area contributed by atoms with Gasteiger partial charge in [0.05, 0.1) is 6.54 Å². The smallest absolute Gasteiger partial charge is 0.275 e. The zero-order chi connectivity index (χ0) is 13.0. The summed E-state index contributed by atoms with van der Waals surface area (Å²) in [5, 5.41) is 16.8. The number of nitrogens with two attached hydrogens (primary N) is 1. The minimum absolute atomic E-state index is 0.0906. The van der Waals surface area contributed by atoms with Crippen LogP contribution in [0.1, 0.15) is 10.5 Å². The number of hydrogen-bond acceptors (Lipinski definition) is 7. The second-order valence-corrected chi connectivity index (χ2v) is 4.56. The third-order valence-corrected chi connectivity index (χ3v) is 3.26. The Morgan fingerprint density at radius 2 is 2.22 bits per heavy atom. The summed E-state index contributed by atoms with van der Waals surface area (Å²) in [7, 11) is 0. The van der Waals surface area contributed by atoms with Crippen LogP contribution in [0.4, 0.5) is 0 Å². The fraction of sp³-hybridized carbons (Fsp3) is 0.556. The zero-order valence-corrected chi connectivity index (χ0v) is 10.5. The number of amides is 1. The summed E-state index contributed by atoms with van der Waals surface area (Å²) in [5.41, 5.74) is 5.83. The number of aromatic nitrogens is 2. The Balaban J connectivity index is 1.85.